The predicted octanol–water partition coefficient (Wildman–Crippen LogP) is 1.13. The van der Waals surface area contributed by atoms with Gasteiger partial charge in [0.05, 0.1) is 6.54 Å². The molecule has 0 aliphatic carbocycles. The fourth-order valence-corrected chi connectivity index (χ4v) is 2.49. The lowest BCUT2D eigenvalue weighted by molar-refractivity contribution is 0.0938. The Morgan fingerprint density at radius 2 is 2.00 bits per heavy atom. The summed E-state index contributed by atoms with van der Waals surface area (Å²) in [6.45, 7) is 7.20. The van der Waals surface area contributed by atoms with Crippen LogP contribution in [-0.2, 0) is 6.54 Å². The van der Waals surface area contributed by atoms with E-state index in [0.717, 1.165) is 31.7 Å². The number of benzene rings is 1. The van der Waals surface area contributed by atoms with Gasteiger partial charge < -0.3 is 10.6 Å². The summed E-state index contributed by atoms with van der Waals surface area (Å²) >= 11 is 0. The van der Waals surface area contributed by atoms with E-state index in [0.29, 0.717) is 12.6 Å². The maximum absolute atomic E-state index is 5.37. The minimum atomic E-state index is 0.417. The molecule has 3 nitrogen and oxygen atoms in total. The summed E-state index contributed by atoms with van der Waals surface area (Å²) in [6, 6.07) is 9.13. The Hall–Kier alpha value is -1.34. The lowest BCUT2D eigenvalue weighted by Crippen LogP contribution is -2.49. The fourth-order valence-electron chi connectivity index (χ4n) is 2.49. The molecule has 2 rings (SSSR count). The number of nitrogens with zero attached hydrogens (tertiary/aromatic N) is 2. The number of hydrogen-bond acceptors (Lipinski definition) is 3. The predicted molar refractivity (Wildman–Crippen MR) is 79.7 cm³/mol. The zero-order valence-corrected chi connectivity index (χ0v) is 11.9. The van der Waals surface area contributed by atoms with Crippen LogP contribution in [0, 0.1) is 11.8 Å². The Morgan fingerprint density at radius 1 is 1.26 bits per heavy atom. The van der Waals surface area contributed by atoms with Gasteiger partial charge in [0.15, 0.2) is 0 Å². The molecular formula is C16H23N3. The Bertz CT molecular complexity index is 455. The molecule has 1 aliphatic heterocycles. The van der Waals surface area contributed by atoms with Crippen LogP contribution in [0.25, 0.3) is 0 Å². The molecule has 0 aromatic heterocycles. The highest BCUT2D eigenvalue weighted by molar-refractivity contribution is 5.36. The summed E-state index contributed by atoms with van der Waals surface area (Å²) in [6.07, 6.45) is 0. The van der Waals surface area contributed by atoms with Crippen molar-refractivity contribution in [3.8, 4) is 11.8 Å². The van der Waals surface area contributed by atoms with E-state index < -0.39 is 0 Å². The van der Waals surface area contributed by atoms with Gasteiger partial charge in [-0.2, -0.15) is 0 Å². The van der Waals surface area contributed by atoms with Crippen molar-refractivity contribution in [2.75, 3.05) is 33.2 Å². The lowest BCUT2D eigenvalue weighted by Gasteiger charge is -2.38. The summed E-state index contributed by atoms with van der Waals surface area (Å²) in [4.78, 5) is 4.94. The van der Waals surface area contributed by atoms with Gasteiger partial charge in [-0.25, -0.2) is 0 Å². The van der Waals surface area contributed by atoms with Crippen LogP contribution in [0.4, 0.5) is 0 Å². The first kappa shape index (κ1) is 14.1. The zero-order chi connectivity index (χ0) is 13.7. The molecule has 0 amide bonds. The van der Waals surface area contributed by atoms with Gasteiger partial charge in [0, 0.05) is 37.8 Å². The first-order chi connectivity index (χ1) is 9.19. The molecule has 2 N–H and O–H groups in total. The highest BCUT2D eigenvalue weighted by Crippen LogP contribution is 2.13. The average Bonchev–Trinajstić information content (AvgIpc) is 2.41. The van der Waals surface area contributed by atoms with Crippen LogP contribution in [0.2, 0.25) is 0 Å². The number of rotatable bonds is 2. The summed E-state index contributed by atoms with van der Waals surface area (Å²) < 4.78 is 0. The molecule has 102 valence electrons. The molecule has 0 saturated carbocycles. The van der Waals surface area contributed by atoms with Crippen molar-refractivity contribution < 1.29 is 0 Å². The summed E-state index contributed by atoms with van der Waals surface area (Å²) in [5.41, 5.74) is 7.77. The summed E-state index contributed by atoms with van der Waals surface area (Å²) in [5.74, 6) is 5.93. The zero-order valence-electron chi connectivity index (χ0n) is 11.9. The number of nitrogens with two attached hydrogens (primary N) is 1. The van der Waals surface area contributed by atoms with E-state index in [1.807, 2.05) is 0 Å². The molecule has 1 atom stereocenters. The second-order valence-corrected chi connectivity index (χ2v) is 5.28. The third-order valence-electron chi connectivity index (χ3n) is 3.64. The third kappa shape index (κ3) is 4.07. The molecule has 0 radical (unpaired) electrons. The molecule has 1 aromatic carbocycles. The lowest BCUT2D eigenvalue weighted by atomic mass is 10.1. The maximum atomic E-state index is 5.37. The second-order valence-electron chi connectivity index (χ2n) is 5.28. The van der Waals surface area contributed by atoms with Crippen molar-refractivity contribution in [1.29, 1.82) is 0 Å². The van der Waals surface area contributed by atoms with Crippen LogP contribution in [0.5, 0.6) is 0 Å². The molecule has 3 heteroatoms. The van der Waals surface area contributed by atoms with Gasteiger partial charge in [0.25, 0.3) is 0 Å². The van der Waals surface area contributed by atoms with E-state index in [-0.39, 0.29) is 0 Å². The van der Waals surface area contributed by atoms with Crippen molar-refractivity contribution in [2.45, 2.75) is 19.5 Å². The molecule has 1 heterocycles. The summed E-state index contributed by atoms with van der Waals surface area (Å²) in [5, 5.41) is 0. The van der Waals surface area contributed by atoms with Gasteiger partial charge in [0.1, 0.15) is 0 Å². The van der Waals surface area contributed by atoms with Crippen LogP contribution in [-0.4, -0.2) is 49.1 Å². The largest absolute Gasteiger partial charge is 0.320 e. The summed E-state index contributed by atoms with van der Waals surface area (Å²) in [7, 11) is 2.19. The molecular weight excluding hydrogens is 234 g/mol. The smallest absolute Gasteiger partial charge is 0.0555 e. The minimum Gasteiger partial charge on any atom is -0.320 e. The fraction of sp³-hybridized carbons (Fsp3) is 0.500. The van der Waals surface area contributed by atoms with Gasteiger partial charge >= 0.3 is 0 Å². The molecule has 0 bridgehead atoms. The van der Waals surface area contributed by atoms with Crippen LogP contribution in [0.3, 0.4) is 0 Å². The molecule has 1 saturated heterocycles. The van der Waals surface area contributed by atoms with E-state index in [2.05, 4.69) is 59.9 Å². The van der Waals surface area contributed by atoms with Gasteiger partial charge in [-0.15, -0.1) is 0 Å². The number of likely N-dealkylation sites (N-methyl/N-ethyl adjacent to an activating group) is 1. The van der Waals surface area contributed by atoms with Crippen molar-refractivity contribution >= 4 is 0 Å². The molecule has 19 heavy (non-hydrogen) atoms. The molecule has 1 aliphatic rings. The van der Waals surface area contributed by atoms with Crippen LogP contribution in [0.1, 0.15) is 18.1 Å². The molecule has 1 unspecified atom stereocenters. The Balaban J connectivity index is 1.96. The van der Waals surface area contributed by atoms with E-state index in [9.17, 15) is 0 Å². The standard InChI is InChI=1S/C16H23N3/c1-14-12-18(2)10-11-19(14)13-16-7-5-15(6-8-16)4-3-9-17/h5-8,14H,9-13,17H2,1-2H3. The first-order valence-corrected chi connectivity index (χ1v) is 6.89. The van der Waals surface area contributed by atoms with Crippen molar-refractivity contribution in [3.63, 3.8) is 0 Å². The third-order valence-corrected chi connectivity index (χ3v) is 3.64. The Morgan fingerprint density at radius 3 is 2.63 bits per heavy atom. The quantitative estimate of drug-likeness (QED) is 0.806. The van der Waals surface area contributed by atoms with E-state index in [1.54, 1.807) is 0 Å². The van der Waals surface area contributed by atoms with E-state index >= 15 is 0 Å². The first-order valence-electron chi connectivity index (χ1n) is 6.89. The highest BCUT2D eigenvalue weighted by atomic mass is 15.3. The highest BCUT2D eigenvalue weighted by Gasteiger charge is 2.20. The van der Waals surface area contributed by atoms with Crippen LogP contribution < -0.4 is 5.73 Å². The SMILES string of the molecule is CC1CN(C)CCN1Cc1ccc(C#CCN)cc1. The molecule has 1 fully saturated rings. The van der Waals surface area contributed by atoms with Gasteiger partial charge in [-0.3, -0.25) is 4.90 Å². The monoisotopic (exact) mass is 257 g/mol. The average molecular weight is 257 g/mol. The van der Waals surface area contributed by atoms with E-state index in [4.69, 9.17) is 5.73 Å². The second kappa shape index (κ2) is 6.72. The molecule has 1 aromatic rings. The topological polar surface area (TPSA) is 32.5 Å². The Labute approximate surface area is 116 Å². The van der Waals surface area contributed by atoms with E-state index in [1.165, 1.54) is 5.56 Å². The van der Waals surface area contributed by atoms with Gasteiger partial charge in [-0.1, -0.05) is 24.0 Å². The Kier molecular flexibility index (Phi) is 4.98. The van der Waals surface area contributed by atoms with Crippen LogP contribution in [0.15, 0.2) is 24.3 Å². The number of piperazine rings is 1. The van der Waals surface area contributed by atoms with Gasteiger partial charge in [0.2, 0.25) is 0 Å². The van der Waals surface area contributed by atoms with Crippen LogP contribution >= 0.6 is 0 Å². The normalized spacial score (nSPS) is 20.9. The van der Waals surface area contributed by atoms with Crippen molar-refractivity contribution in [2.24, 2.45) is 5.73 Å². The van der Waals surface area contributed by atoms with Gasteiger partial charge in [-0.05, 0) is 31.7 Å². The molecule has 0 spiro atoms. The van der Waals surface area contributed by atoms with Crippen molar-refractivity contribution in [1.82, 2.24) is 9.80 Å². The van der Waals surface area contributed by atoms with Crippen molar-refractivity contribution in [3.05, 3.63) is 35.4 Å². The maximum Gasteiger partial charge on any atom is 0.0555 e. The minimum absolute atomic E-state index is 0.417. The number of hydrogen-bond donors (Lipinski definition) is 1.